The molecule has 0 unspecified atom stereocenters. The van der Waals surface area contributed by atoms with Gasteiger partial charge in [0.25, 0.3) is 0 Å². The second-order valence-corrected chi connectivity index (χ2v) is 2.86. The molecule has 0 radical (unpaired) electrons. The second-order valence-electron chi connectivity index (χ2n) is 1.34. The molecule has 0 fully saturated rings. The van der Waals surface area contributed by atoms with Gasteiger partial charge in [-0.25, -0.2) is 0 Å². The van der Waals surface area contributed by atoms with Crippen molar-refractivity contribution in [3.63, 3.8) is 0 Å². The number of hydrogen-bond donors (Lipinski definition) is 0. The smallest absolute Gasteiger partial charge is 1.00 e. The Hall–Kier alpha value is 0.0125. The average molecular weight is 110 g/mol. The van der Waals surface area contributed by atoms with E-state index in [-0.39, 0.29) is 1.43 Å². The summed E-state index contributed by atoms with van der Waals surface area (Å²) in [4.78, 5) is 0. The summed E-state index contributed by atoms with van der Waals surface area (Å²) in [6.07, 6.45) is 3.94. The molecule has 0 aromatic heterocycles. The third-order valence-corrected chi connectivity index (χ3v) is 2.00. The van der Waals surface area contributed by atoms with Crippen molar-refractivity contribution < 1.29 is 1.43 Å². The average Bonchev–Trinajstić information content (AvgIpc) is 1.69. The van der Waals surface area contributed by atoms with Crippen LogP contribution in [0.4, 0.5) is 0 Å². The molecular formula is C6H11Al. The molecule has 0 aliphatic heterocycles. The zero-order chi connectivity index (χ0) is 5.54. The van der Waals surface area contributed by atoms with E-state index in [1.54, 1.807) is 0 Å². The topological polar surface area (TPSA) is 0 Å². The van der Waals surface area contributed by atoms with Crippen molar-refractivity contribution in [1.29, 1.82) is 0 Å². The molecule has 0 heterocycles. The Morgan fingerprint density at radius 2 is 1.71 bits per heavy atom. The van der Waals surface area contributed by atoms with E-state index in [0.29, 0.717) is 15.2 Å². The van der Waals surface area contributed by atoms with Crippen LogP contribution in [-0.4, -0.2) is 15.2 Å². The van der Waals surface area contributed by atoms with Gasteiger partial charge in [-0.1, -0.05) is 0 Å². The molecule has 0 aromatic rings. The first-order chi connectivity index (χ1) is 3.41. The maximum atomic E-state index is 3.62. The van der Waals surface area contributed by atoms with Crippen molar-refractivity contribution >= 4 is 15.2 Å². The fourth-order valence-corrected chi connectivity index (χ4v) is 0.996. The molecule has 0 aliphatic carbocycles. The van der Waals surface area contributed by atoms with E-state index in [1.165, 1.54) is 10.6 Å². The van der Waals surface area contributed by atoms with E-state index in [1.807, 2.05) is 12.2 Å². The molecule has 0 amide bonds. The number of hydrogen-bond acceptors (Lipinski definition) is 0. The molecule has 0 bridgehead atoms. The molecule has 0 nitrogen and oxygen atoms in total. The van der Waals surface area contributed by atoms with Gasteiger partial charge in [-0.3, -0.25) is 0 Å². The van der Waals surface area contributed by atoms with Crippen LogP contribution < -0.4 is 0 Å². The third kappa shape index (κ3) is 6.01. The van der Waals surface area contributed by atoms with Crippen LogP contribution in [0.1, 0.15) is 1.43 Å². The molecular weight excluding hydrogens is 99.0 g/mol. The van der Waals surface area contributed by atoms with Crippen molar-refractivity contribution in [2.75, 3.05) is 0 Å². The number of rotatable bonds is 4. The van der Waals surface area contributed by atoms with Gasteiger partial charge in [0.05, 0.1) is 0 Å². The number of allylic oxidation sites excluding steroid dienone is 2. The summed E-state index contributed by atoms with van der Waals surface area (Å²) < 4.78 is 0. The Morgan fingerprint density at radius 3 is 2.00 bits per heavy atom. The minimum absolute atomic E-state index is 0. The Kier molecular flexibility index (Phi) is 6.02. The Balaban J connectivity index is 0. The van der Waals surface area contributed by atoms with E-state index < -0.39 is 0 Å². The van der Waals surface area contributed by atoms with Crippen molar-refractivity contribution in [2.45, 2.75) is 10.6 Å². The largest absolute Gasteiger partial charge is 1.00 e. The first-order valence-electron chi connectivity index (χ1n) is 2.45. The SMILES string of the molecule is C=C[CH2][Al+][CH2]C=C.[H-]. The molecule has 0 aliphatic rings. The zero-order valence-electron chi connectivity index (χ0n) is 5.56. The minimum Gasteiger partial charge on any atom is -1.00 e. The second kappa shape index (κ2) is 6.01. The van der Waals surface area contributed by atoms with E-state index in [0.717, 1.165) is 0 Å². The van der Waals surface area contributed by atoms with Crippen LogP contribution in [0.25, 0.3) is 0 Å². The molecule has 0 saturated heterocycles. The minimum atomic E-state index is 0. The van der Waals surface area contributed by atoms with Crippen molar-refractivity contribution in [1.82, 2.24) is 0 Å². The predicted octanol–water partition coefficient (Wildman–Crippen LogP) is 2.01. The summed E-state index contributed by atoms with van der Waals surface area (Å²) >= 11 is 0.586. The molecule has 38 valence electrons. The van der Waals surface area contributed by atoms with Crippen molar-refractivity contribution in [3.8, 4) is 0 Å². The van der Waals surface area contributed by atoms with Gasteiger partial charge in [-0.2, -0.15) is 0 Å². The summed E-state index contributed by atoms with van der Waals surface area (Å²) in [5.74, 6) is 0. The molecule has 0 N–H and O–H groups in total. The molecule has 7 heavy (non-hydrogen) atoms. The van der Waals surface area contributed by atoms with E-state index in [4.69, 9.17) is 0 Å². The maximum absolute atomic E-state index is 3.62. The quantitative estimate of drug-likeness (QED) is 0.295. The third-order valence-electron chi connectivity index (χ3n) is 0.667. The molecule has 0 spiro atoms. The maximum Gasteiger partial charge on any atom is -1.00 e. The Bertz CT molecular complexity index is 53.5. The molecule has 0 aromatic carbocycles. The van der Waals surface area contributed by atoms with Gasteiger partial charge in [0.1, 0.15) is 0 Å². The van der Waals surface area contributed by atoms with Crippen LogP contribution in [0.5, 0.6) is 0 Å². The normalized spacial score (nSPS) is 6.86. The van der Waals surface area contributed by atoms with Gasteiger partial charge in [0.15, 0.2) is 0 Å². The summed E-state index contributed by atoms with van der Waals surface area (Å²) in [7, 11) is 0. The predicted molar refractivity (Wildman–Crippen MR) is 36.9 cm³/mol. The summed E-state index contributed by atoms with van der Waals surface area (Å²) in [5, 5.41) is 2.40. The van der Waals surface area contributed by atoms with Crippen molar-refractivity contribution in [3.05, 3.63) is 25.3 Å². The van der Waals surface area contributed by atoms with E-state index >= 15 is 0 Å². The van der Waals surface area contributed by atoms with E-state index in [9.17, 15) is 0 Å². The van der Waals surface area contributed by atoms with Gasteiger partial charge in [-0.15, -0.1) is 0 Å². The van der Waals surface area contributed by atoms with Crippen molar-refractivity contribution in [2.24, 2.45) is 0 Å². The Morgan fingerprint density at radius 1 is 1.29 bits per heavy atom. The first kappa shape index (κ1) is 7.01. The van der Waals surface area contributed by atoms with Crippen LogP contribution in [0.15, 0.2) is 25.3 Å². The molecule has 1 heteroatoms. The van der Waals surface area contributed by atoms with E-state index in [2.05, 4.69) is 13.2 Å². The summed E-state index contributed by atoms with van der Waals surface area (Å²) in [5.41, 5.74) is 0. The van der Waals surface area contributed by atoms with Crippen LogP contribution in [0.3, 0.4) is 0 Å². The molecule has 0 rings (SSSR count). The van der Waals surface area contributed by atoms with Crippen LogP contribution >= 0.6 is 0 Å². The fraction of sp³-hybridized carbons (Fsp3) is 0.333. The monoisotopic (exact) mass is 110 g/mol. The Labute approximate surface area is 53.1 Å². The standard InChI is InChI=1S/2C3H5.Al.H/c2*1-3-2;;/h2*3H,1-2H2;;/q;;+1;-1. The summed E-state index contributed by atoms with van der Waals surface area (Å²) in [6, 6.07) is 0. The van der Waals surface area contributed by atoms with Gasteiger partial charge in [0, 0.05) is 0 Å². The van der Waals surface area contributed by atoms with Crippen LogP contribution in [0, 0.1) is 0 Å². The van der Waals surface area contributed by atoms with Gasteiger partial charge >= 0.3 is 51.1 Å². The zero-order valence-corrected chi connectivity index (χ0v) is 5.72. The van der Waals surface area contributed by atoms with Gasteiger partial charge < -0.3 is 1.43 Å². The van der Waals surface area contributed by atoms with Gasteiger partial charge in [-0.05, 0) is 0 Å². The fourth-order valence-electron chi connectivity index (χ4n) is 0.332. The first-order valence-corrected chi connectivity index (χ1v) is 4.08. The van der Waals surface area contributed by atoms with Crippen LogP contribution in [0.2, 0.25) is 10.6 Å². The molecule has 0 saturated carbocycles. The summed E-state index contributed by atoms with van der Waals surface area (Å²) in [6.45, 7) is 7.24. The van der Waals surface area contributed by atoms with Crippen LogP contribution in [-0.2, 0) is 0 Å². The molecule has 0 atom stereocenters. The van der Waals surface area contributed by atoms with Gasteiger partial charge in [0.2, 0.25) is 0 Å².